The van der Waals surface area contributed by atoms with Gasteiger partial charge in [0.1, 0.15) is 0 Å². The van der Waals surface area contributed by atoms with Crippen LogP contribution in [0.2, 0.25) is 0 Å². The van der Waals surface area contributed by atoms with Gasteiger partial charge >= 0.3 is 7.25 Å². The fourth-order valence-corrected chi connectivity index (χ4v) is 0. The number of hydrogen-bond donors (Lipinski definition) is 0. The van der Waals surface area contributed by atoms with Crippen LogP contribution in [0.4, 0.5) is 17.3 Å². The summed E-state index contributed by atoms with van der Waals surface area (Å²) >= 11 is 0. The second kappa shape index (κ2) is 0.877. The molecule has 0 atom stereocenters. The summed E-state index contributed by atoms with van der Waals surface area (Å²) in [5.74, 6) is 0. The molecule has 0 aliphatic rings. The summed E-state index contributed by atoms with van der Waals surface area (Å²) in [6, 6.07) is 0. The van der Waals surface area contributed by atoms with E-state index in [1.165, 1.54) is 0 Å². The van der Waals surface area contributed by atoms with Crippen LogP contribution in [0.3, 0.4) is 0 Å². The van der Waals surface area contributed by atoms with Crippen LogP contribution in [0.25, 0.3) is 0 Å². The molecule has 0 aliphatic carbocycles. The molecule has 0 N–H and O–H groups in total. The molecule has 0 aromatic rings. The second-order valence-corrected chi connectivity index (χ2v) is 0.495. The Bertz CT molecular complexity index is 19.1. The summed E-state index contributed by atoms with van der Waals surface area (Å²) in [6.45, 7) is 0. The van der Waals surface area contributed by atoms with Crippen LogP contribution in [-0.2, 0) is 0 Å². The summed E-state index contributed by atoms with van der Waals surface area (Å²) in [5.41, 5.74) is 0. The minimum absolute atomic E-state index is 6.00. The smallest absolute Gasteiger partial charge is 0.418 e. The highest BCUT2D eigenvalue weighted by Crippen LogP contribution is 2.06. The first-order valence-corrected chi connectivity index (χ1v) is 0.873. The molecule has 0 saturated carbocycles. The lowest BCUT2D eigenvalue weighted by Gasteiger charge is -1.94. The van der Waals surface area contributed by atoms with Crippen molar-refractivity contribution in [2.24, 2.45) is 0 Å². The number of hydrogen-bond acceptors (Lipinski definition) is 0. The van der Waals surface area contributed by atoms with E-state index in [2.05, 4.69) is 0 Å². The largest absolute Gasteiger partial charge is 0.673 e. The maximum atomic E-state index is 9.75. The third-order valence-electron chi connectivity index (χ3n) is 0. The van der Waals surface area contributed by atoms with Gasteiger partial charge in [-0.05, 0) is 0 Å². The molecule has 5 heteroatoms. The summed E-state index contributed by atoms with van der Waals surface area (Å²) < 4.78 is 39.0. The minimum atomic E-state index is -6.00. The van der Waals surface area contributed by atoms with Gasteiger partial charge in [0.05, 0.1) is 0 Å². The van der Waals surface area contributed by atoms with Gasteiger partial charge in [-0.1, -0.05) is 0 Å². The van der Waals surface area contributed by atoms with Crippen molar-refractivity contribution < 1.29 is 17.3 Å². The topological polar surface area (TPSA) is 0 Å². The van der Waals surface area contributed by atoms with Crippen LogP contribution < -0.4 is 0 Å². The minimum Gasteiger partial charge on any atom is -0.418 e. The summed E-state index contributed by atoms with van der Waals surface area (Å²) in [4.78, 5) is 0. The first-order valence-electron chi connectivity index (χ1n) is 0.873. The van der Waals surface area contributed by atoms with Gasteiger partial charge in [-0.2, -0.15) is 0 Å². The molecule has 0 fully saturated rings. The monoisotopic (exact) mass is 86.0 g/mol. The van der Waals surface area contributed by atoms with Crippen molar-refractivity contribution in [3.05, 3.63) is 0 Å². The van der Waals surface area contributed by atoms with E-state index >= 15 is 0 Å². The Balaban J connectivity index is 3.02. The molecule has 0 amide bonds. The Hall–Kier alpha value is -0.215. The average molecular weight is 86.0 g/mol. The van der Waals surface area contributed by atoms with E-state index in [4.69, 9.17) is 0 Å². The highest BCUT2D eigenvalue weighted by Gasteiger charge is 2.20. The highest BCUT2D eigenvalue weighted by atomic mass is 19.4. The van der Waals surface area contributed by atoms with Crippen LogP contribution in [0.15, 0.2) is 0 Å². The molecule has 0 radical (unpaired) electrons. The molecule has 0 rings (SSSR count). The van der Waals surface area contributed by atoms with Crippen LogP contribution in [0, 0.1) is 0 Å². The molecule has 0 aromatic heterocycles. The lowest BCUT2D eigenvalue weighted by Crippen LogP contribution is -2.02. The van der Waals surface area contributed by atoms with E-state index in [0.29, 0.717) is 0 Å². The molecule has 0 spiro atoms. The molecule has 0 nitrogen and oxygen atoms in total. The SMILES string of the molecule is F[10B-](F)(F)F. The fraction of sp³-hybridized carbons (Fsp3) is 0. The van der Waals surface area contributed by atoms with E-state index in [1.807, 2.05) is 0 Å². The molecule has 0 aliphatic heterocycles. The predicted molar refractivity (Wildman–Crippen MR) is 10.2 cm³/mol. The Kier molecular flexibility index (Phi) is 0.839. The average Bonchev–Trinajstić information content (AvgIpc) is 0.722. The predicted octanol–water partition coefficient (Wildman–Crippen LogP) is 1.30. The van der Waals surface area contributed by atoms with Crippen molar-refractivity contribution in [1.29, 1.82) is 0 Å². The second-order valence-electron chi connectivity index (χ2n) is 0.495. The quantitative estimate of drug-likeness (QED) is 0.308. The van der Waals surface area contributed by atoms with E-state index in [1.54, 1.807) is 0 Å². The van der Waals surface area contributed by atoms with Gasteiger partial charge in [-0.15, -0.1) is 0 Å². The van der Waals surface area contributed by atoms with Gasteiger partial charge < -0.3 is 17.3 Å². The van der Waals surface area contributed by atoms with Crippen molar-refractivity contribution in [3.8, 4) is 0 Å². The molecule has 0 unspecified atom stereocenters. The van der Waals surface area contributed by atoms with E-state index in [0.717, 1.165) is 0 Å². The van der Waals surface area contributed by atoms with Gasteiger partial charge in [0.25, 0.3) is 0 Å². The first kappa shape index (κ1) is 4.78. The van der Waals surface area contributed by atoms with Gasteiger partial charge in [-0.3, -0.25) is 0 Å². The Morgan fingerprint density at radius 3 is 0.800 bits per heavy atom. The molecule has 0 aromatic carbocycles. The van der Waals surface area contributed by atoms with Crippen molar-refractivity contribution in [1.82, 2.24) is 0 Å². The van der Waals surface area contributed by atoms with Crippen molar-refractivity contribution in [2.75, 3.05) is 0 Å². The maximum Gasteiger partial charge on any atom is 0.673 e. The summed E-state index contributed by atoms with van der Waals surface area (Å²) in [6.07, 6.45) is 0. The van der Waals surface area contributed by atoms with E-state index < -0.39 is 7.25 Å². The zero-order chi connectivity index (χ0) is 4.50. The number of halogens is 4. The van der Waals surface area contributed by atoms with Gasteiger partial charge in [0, 0.05) is 0 Å². The molecular formula is BF4-. The Morgan fingerprint density at radius 2 is 0.800 bits per heavy atom. The van der Waals surface area contributed by atoms with Crippen LogP contribution >= 0.6 is 0 Å². The van der Waals surface area contributed by atoms with Gasteiger partial charge in [-0.25, -0.2) is 0 Å². The molecule has 0 bridgehead atoms. The molecule has 5 heavy (non-hydrogen) atoms. The number of rotatable bonds is 0. The molecule has 32 valence electrons. The fourth-order valence-electron chi connectivity index (χ4n) is 0. The lowest BCUT2D eigenvalue weighted by molar-refractivity contribution is 0.368. The standard InChI is InChI=1S/BF4/c2-1(3,4)5/q-1/i1-1. The van der Waals surface area contributed by atoms with Crippen molar-refractivity contribution in [2.45, 2.75) is 0 Å². The third-order valence-corrected chi connectivity index (χ3v) is 0. The van der Waals surface area contributed by atoms with E-state index in [9.17, 15) is 17.3 Å². The van der Waals surface area contributed by atoms with Gasteiger partial charge in [0.2, 0.25) is 0 Å². The highest BCUT2D eigenvalue weighted by molar-refractivity contribution is 6.50. The lowest BCUT2D eigenvalue weighted by atomic mass is 9.59. The zero-order valence-electron chi connectivity index (χ0n) is 2.09. The third kappa shape index (κ3) is 261. The Labute approximate surface area is 25.9 Å². The molecular weight excluding hydrogens is 86.0 g/mol. The zero-order valence-corrected chi connectivity index (χ0v) is 2.09. The summed E-state index contributed by atoms with van der Waals surface area (Å²) in [5, 5.41) is 0. The summed E-state index contributed by atoms with van der Waals surface area (Å²) in [7, 11) is -6.00. The maximum absolute atomic E-state index is 9.75. The first-order chi connectivity index (χ1) is 2.00. The van der Waals surface area contributed by atoms with Crippen molar-refractivity contribution in [3.63, 3.8) is 0 Å². The van der Waals surface area contributed by atoms with Crippen LogP contribution in [0.1, 0.15) is 0 Å². The van der Waals surface area contributed by atoms with Crippen LogP contribution in [0.5, 0.6) is 0 Å². The molecule has 0 heterocycles. The van der Waals surface area contributed by atoms with Crippen molar-refractivity contribution >= 4 is 7.25 Å². The molecule has 0 saturated heterocycles. The van der Waals surface area contributed by atoms with Gasteiger partial charge in [0.15, 0.2) is 0 Å². The Morgan fingerprint density at radius 1 is 0.800 bits per heavy atom. The normalized spacial score (nSPS) is 12.0. The van der Waals surface area contributed by atoms with E-state index in [-0.39, 0.29) is 0 Å². The van der Waals surface area contributed by atoms with Crippen LogP contribution in [-0.4, -0.2) is 7.25 Å².